The lowest BCUT2D eigenvalue weighted by atomic mass is 10.2. The van der Waals surface area contributed by atoms with E-state index in [0.29, 0.717) is 5.76 Å². The van der Waals surface area contributed by atoms with Crippen LogP contribution in [-0.2, 0) is 4.79 Å². The molecule has 0 aliphatic heterocycles. The van der Waals surface area contributed by atoms with Gasteiger partial charge in [0.05, 0.1) is 5.69 Å². The smallest absolute Gasteiger partial charge is 0.248 e. The molecule has 0 saturated heterocycles. The van der Waals surface area contributed by atoms with Crippen LogP contribution < -0.4 is 5.32 Å². The summed E-state index contributed by atoms with van der Waals surface area (Å²) in [6.07, 6.45) is 2.84. The van der Waals surface area contributed by atoms with Gasteiger partial charge < -0.3 is 9.73 Å². The third-order valence-corrected chi connectivity index (χ3v) is 2.54. The Bertz CT molecular complexity index is 629. The summed E-state index contributed by atoms with van der Waals surface area (Å²) in [6, 6.07) is 8.11. The van der Waals surface area contributed by atoms with E-state index < -0.39 is 11.7 Å². The van der Waals surface area contributed by atoms with Crippen LogP contribution in [0.4, 0.5) is 10.1 Å². The number of furan rings is 1. The number of aryl methyl sites for hydroxylation is 2. The van der Waals surface area contributed by atoms with E-state index in [1.54, 1.807) is 24.3 Å². The number of anilines is 1. The maximum atomic E-state index is 13.4. The van der Waals surface area contributed by atoms with Crippen LogP contribution in [0.2, 0.25) is 0 Å². The van der Waals surface area contributed by atoms with Crippen molar-refractivity contribution in [2.75, 3.05) is 5.32 Å². The van der Waals surface area contributed by atoms with E-state index in [9.17, 15) is 9.18 Å². The van der Waals surface area contributed by atoms with Crippen molar-refractivity contribution in [1.82, 2.24) is 0 Å². The predicted octanol–water partition coefficient (Wildman–Crippen LogP) is 3.69. The van der Waals surface area contributed by atoms with Crippen LogP contribution in [0.25, 0.3) is 6.08 Å². The molecule has 1 N–H and O–H groups in total. The summed E-state index contributed by atoms with van der Waals surface area (Å²) in [6.45, 7) is 3.65. The Morgan fingerprint density at radius 1 is 1.26 bits per heavy atom. The maximum Gasteiger partial charge on any atom is 0.248 e. The highest BCUT2D eigenvalue weighted by Crippen LogP contribution is 2.15. The van der Waals surface area contributed by atoms with Crippen molar-refractivity contribution in [2.24, 2.45) is 0 Å². The zero-order valence-electron chi connectivity index (χ0n) is 10.7. The first-order valence-corrected chi connectivity index (χ1v) is 5.86. The summed E-state index contributed by atoms with van der Waals surface area (Å²) in [4.78, 5) is 11.6. The molecule has 19 heavy (non-hydrogen) atoms. The number of carbonyl (C=O) groups excluding carboxylic acids is 1. The molecule has 0 aliphatic carbocycles. The zero-order valence-corrected chi connectivity index (χ0v) is 10.7. The molecule has 4 heteroatoms. The molecule has 0 radical (unpaired) electrons. The molecule has 0 spiro atoms. The number of rotatable bonds is 3. The SMILES string of the molecule is Cc1ccc(F)c(NC(=O)C=Cc2ccc(C)o2)c1. The van der Waals surface area contributed by atoms with Crippen LogP contribution >= 0.6 is 0 Å². The molecule has 0 saturated carbocycles. The number of carbonyl (C=O) groups is 1. The summed E-state index contributed by atoms with van der Waals surface area (Å²) in [5.41, 5.74) is 1.05. The third kappa shape index (κ3) is 3.55. The monoisotopic (exact) mass is 259 g/mol. The fourth-order valence-electron chi connectivity index (χ4n) is 1.61. The normalized spacial score (nSPS) is 10.9. The van der Waals surface area contributed by atoms with E-state index in [0.717, 1.165) is 11.3 Å². The second kappa shape index (κ2) is 5.52. The summed E-state index contributed by atoms with van der Waals surface area (Å²) in [7, 11) is 0. The molecule has 0 aliphatic rings. The molecule has 0 fully saturated rings. The minimum absolute atomic E-state index is 0.172. The number of benzene rings is 1. The molecule has 2 aromatic rings. The molecule has 98 valence electrons. The first kappa shape index (κ1) is 13.1. The van der Waals surface area contributed by atoms with Gasteiger partial charge in [0.15, 0.2) is 0 Å². The Kier molecular flexibility index (Phi) is 3.80. The van der Waals surface area contributed by atoms with Crippen LogP contribution in [0.15, 0.2) is 40.8 Å². The third-order valence-electron chi connectivity index (χ3n) is 2.54. The predicted molar refractivity (Wildman–Crippen MR) is 72.2 cm³/mol. The summed E-state index contributed by atoms with van der Waals surface area (Å²) in [5.74, 6) is 0.488. The highest BCUT2D eigenvalue weighted by molar-refractivity contribution is 6.01. The lowest BCUT2D eigenvalue weighted by Gasteiger charge is -2.04. The second-order valence-electron chi connectivity index (χ2n) is 4.25. The largest absolute Gasteiger partial charge is 0.462 e. The molecule has 0 bridgehead atoms. The van der Waals surface area contributed by atoms with Crippen molar-refractivity contribution in [3.63, 3.8) is 0 Å². The van der Waals surface area contributed by atoms with Gasteiger partial charge in [-0.25, -0.2) is 4.39 Å². The standard InChI is InChI=1S/C15H14FNO2/c1-10-3-7-13(16)14(9-10)17-15(18)8-6-12-5-4-11(2)19-12/h3-9H,1-2H3,(H,17,18). The highest BCUT2D eigenvalue weighted by Gasteiger charge is 2.04. The van der Waals surface area contributed by atoms with Gasteiger partial charge in [0, 0.05) is 6.08 Å². The van der Waals surface area contributed by atoms with Crippen molar-refractivity contribution in [1.29, 1.82) is 0 Å². The lowest BCUT2D eigenvalue weighted by molar-refractivity contribution is -0.111. The van der Waals surface area contributed by atoms with Crippen LogP contribution in [0, 0.1) is 19.7 Å². The van der Waals surface area contributed by atoms with Gasteiger partial charge in [-0.15, -0.1) is 0 Å². The van der Waals surface area contributed by atoms with E-state index >= 15 is 0 Å². The van der Waals surface area contributed by atoms with Gasteiger partial charge in [-0.1, -0.05) is 6.07 Å². The topological polar surface area (TPSA) is 42.2 Å². The van der Waals surface area contributed by atoms with Crippen molar-refractivity contribution in [3.05, 3.63) is 59.3 Å². The minimum Gasteiger partial charge on any atom is -0.462 e. The Balaban J connectivity index is 2.05. The number of amides is 1. The van der Waals surface area contributed by atoms with E-state index in [1.807, 2.05) is 13.8 Å². The van der Waals surface area contributed by atoms with Gasteiger partial charge in [-0.05, 0) is 49.8 Å². The van der Waals surface area contributed by atoms with Gasteiger partial charge >= 0.3 is 0 Å². The molecule has 0 atom stereocenters. The van der Waals surface area contributed by atoms with Gasteiger partial charge in [0.2, 0.25) is 5.91 Å². The van der Waals surface area contributed by atoms with Crippen LogP contribution in [-0.4, -0.2) is 5.91 Å². The Morgan fingerprint density at radius 3 is 2.74 bits per heavy atom. The first-order valence-electron chi connectivity index (χ1n) is 5.86. The molecule has 1 aromatic heterocycles. The summed E-state index contributed by atoms with van der Waals surface area (Å²) in [5, 5.41) is 2.49. The Morgan fingerprint density at radius 2 is 2.05 bits per heavy atom. The number of nitrogens with one attached hydrogen (secondary N) is 1. The van der Waals surface area contributed by atoms with Gasteiger partial charge in [0.25, 0.3) is 0 Å². The molecule has 2 rings (SSSR count). The molecule has 0 unspecified atom stereocenters. The molecular weight excluding hydrogens is 245 g/mol. The quantitative estimate of drug-likeness (QED) is 0.854. The maximum absolute atomic E-state index is 13.4. The van der Waals surface area contributed by atoms with Crippen molar-refractivity contribution in [3.8, 4) is 0 Å². The molecule has 1 aromatic carbocycles. The molecular formula is C15H14FNO2. The summed E-state index contributed by atoms with van der Waals surface area (Å²) < 4.78 is 18.7. The fourth-order valence-corrected chi connectivity index (χ4v) is 1.61. The fraction of sp³-hybridized carbons (Fsp3) is 0.133. The average Bonchev–Trinajstić information content (AvgIpc) is 2.77. The number of hydrogen-bond acceptors (Lipinski definition) is 2. The summed E-state index contributed by atoms with van der Waals surface area (Å²) >= 11 is 0. The number of halogens is 1. The molecule has 3 nitrogen and oxygen atoms in total. The lowest BCUT2D eigenvalue weighted by Crippen LogP contribution is -2.09. The second-order valence-corrected chi connectivity index (χ2v) is 4.25. The Hall–Kier alpha value is -2.36. The van der Waals surface area contributed by atoms with E-state index in [2.05, 4.69) is 5.32 Å². The highest BCUT2D eigenvalue weighted by atomic mass is 19.1. The van der Waals surface area contributed by atoms with Crippen molar-refractivity contribution < 1.29 is 13.6 Å². The molecule has 1 heterocycles. The van der Waals surface area contributed by atoms with Crippen LogP contribution in [0.1, 0.15) is 17.1 Å². The van der Waals surface area contributed by atoms with Crippen molar-refractivity contribution >= 4 is 17.7 Å². The number of hydrogen-bond donors (Lipinski definition) is 1. The first-order chi connectivity index (χ1) is 9.04. The van der Waals surface area contributed by atoms with E-state index in [1.165, 1.54) is 18.2 Å². The Labute approximate surface area is 110 Å². The average molecular weight is 259 g/mol. The zero-order chi connectivity index (χ0) is 13.8. The van der Waals surface area contributed by atoms with Crippen molar-refractivity contribution in [2.45, 2.75) is 13.8 Å². The van der Waals surface area contributed by atoms with Gasteiger partial charge in [0.1, 0.15) is 17.3 Å². The molecule has 1 amide bonds. The van der Waals surface area contributed by atoms with E-state index in [-0.39, 0.29) is 5.69 Å². The minimum atomic E-state index is -0.457. The van der Waals surface area contributed by atoms with Gasteiger partial charge in [-0.3, -0.25) is 4.79 Å². The van der Waals surface area contributed by atoms with Crippen LogP contribution in [0.3, 0.4) is 0 Å². The van der Waals surface area contributed by atoms with Crippen LogP contribution in [0.5, 0.6) is 0 Å². The van der Waals surface area contributed by atoms with E-state index in [4.69, 9.17) is 4.42 Å². The van der Waals surface area contributed by atoms with Gasteiger partial charge in [-0.2, -0.15) is 0 Å².